The summed E-state index contributed by atoms with van der Waals surface area (Å²) in [6.45, 7) is 2.11. The van der Waals surface area contributed by atoms with Crippen LogP contribution in [0.5, 0.6) is 0 Å². The first-order valence-corrected chi connectivity index (χ1v) is 3.10. The van der Waals surface area contributed by atoms with Crippen molar-refractivity contribution < 1.29 is 0 Å². The molecule has 0 radical (unpaired) electrons. The van der Waals surface area contributed by atoms with Crippen LogP contribution in [0.2, 0.25) is 0 Å². The number of hydrogen-bond acceptors (Lipinski definition) is 1. The molecule has 0 aromatic carbocycles. The summed E-state index contributed by atoms with van der Waals surface area (Å²) in [5, 5.41) is 8.46. The summed E-state index contributed by atoms with van der Waals surface area (Å²) in [5.74, 6) is 0.546. The fourth-order valence-corrected chi connectivity index (χ4v) is 0.927. The Bertz CT molecular complexity index is 193. The lowest BCUT2D eigenvalue weighted by Gasteiger charge is -2.06. The predicted octanol–water partition coefficient (Wildman–Crippen LogP) is 2.03. The van der Waals surface area contributed by atoms with Gasteiger partial charge in [0.2, 0.25) is 0 Å². The first-order chi connectivity index (χ1) is 4.33. The van der Waals surface area contributed by atoms with E-state index in [0.29, 0.717) is 5.92 Å². The molecule has 1 rings (SSSR count). The summed E-state index contributed by atoms with van der Waals surface area (Å²) in [6, 6.07) is 2.14. The molecule has 0 unspecified atom stereocenters. The minimum absolute atomic E-state index is 0.546. The van der Waals surface area contributed by atoms with E-state index in [1.165, 1.54) is 0 Å². The van der Waals surface area contributed by atoms with Crippen molar-refractivity contribution in [2.24, 2.45) is 5.92 Å². The van der Waals surface area contributed by atoms with Gasteiger partial charge in [-0.25, -0.2) is 0 Å². The third-order valence-corrected chi connectivity index (χ3v) is 1.42. The van der Waals surface area contributed by atoms with Crippen molar-refractivity contribution in [3.8, 4) is 6.07 Å². The van der Waals surface area contributed by atoms with Crippen molar-refractivity contribution >= 4 is 0 Å². The minimum atomic E-state index is 0.546. The van der Waals surface area contributed by atoms with E-state index >= 15 is 0 Å². The van der Waals surface area contributed by atoms with Crippen LogP contribution in [0.3, 0.4) is 0 Å². The van der Waals surface area contributed by atoms with Gasteiger partial charge in [-0.3, -0.25) is 0 Å². The number of nitrogens with zero attached hydrogens (tertiary/aromatic N) is 1. The highest BCUT2D eigenvalue weighted by Crippen LogP contribution is 2.16. The second kappa shape index (κ2) is 2.50. The molecule has 1 aliphatic rings. The molecular weight excluding hydrogens is 110 g/mol. The van der Waals surface area contributed by atoms with Gasteiger partial charge in [-0.15, -0.1) is 0 Å². The number of rotatable bonds is 0. The molecule has 0 saturated carbocycles. The van der Waals surface area contributed by atoms with Crippen LogP contribution in [0, 0.1) is 17.2 Å². The SMILES string of the molecule is C[C@@H]1C=CC=C(C#N)C1. The smallest absolute Gasteiger partial charge is 0.0947 e. The van der Waals surface area contributed by atoms with E-state index in [9.17, 15) is 0 Å². The molecule has 0 bridgehead atoms. The van der Waals surface area contributed by atoms with E-state index in [1.807, 2.05) is 12.2 Å². The molecule has 0 heterocycles. The van der Waals surface area contributed by atoms with E-state index in [2.05, 4.69) is 19.1 Å². The Labute approximate surface area is 55.3 Å². The van der Waals surface area contributed by atoms with Crippen molar-refractivity contribution in [1.29, 1.82) is 5.26 Å². The summed E-state index contributed by atoms with van der Waals surface area (Å²) in [7, 11) is 0. The van der Waals surface area contributed by atoms with Crippen molar-refractivity contribution in [3.63, 3.8) is 0 Å². The number of nitriles is 1. The van der Waals surface area contributed by atoms with Crippen LogP contribution >= 0.6 is 0 Å². The zero-order valence-electron chi connectivity index (χ0n) is 5.46. The highest BCUT2D eigenvalue weighted by Gasteiger charge is 2.03. The molecule has 1 heteroatoms. The molecule has 0 N–H and O–H groups in total. The van der Waals surface area contributed by atoms with E-state index < -0.39 is 0 Å². The van der Waals surface area contributed by atoms with Gasteiger partial charge >= 0.3 is 0 Å². The summed E-state index contributed by atoms with van der Waals surface area (Å²) < 4.78 is 0. The molecule has 0 amide bonds. The fraction of sp³-hybridized carbons (Fsp3) is 0.375. The molecule has 0 saturated heterocycles. The maximum atomic E-state index is 8.46. The Morgan fingerprint density at radius 2 is 2.56 bits per heavy atom. The second-order valence-corrected chi connectivity index (χ2v) is 2.37. The highest BCUT2D eigenvalue weighted by atomic mass is 14.2. The van der Waals surface area contributed by atoms with E-state index in [-0.39, 0.29) is 0 Å². The van der Waals surface area contributed by atoms with Gasteiger partial charge in [0.05, 0.1) is 6.07 Å². The number of allylic oxidation sites excluding steroid dienone is 4. The minimum Gasteiger partial charge on any atom is -0.193 e. The predicted molar refractivity (Wildman–Crippen MR) is 36.6 cm³/mol. The molecule has 0 aliphatic heterocycles. The lowest BCUT2D eigenvalue weighted by atomic mass is 9.97. The van der Waals surface area contributed by atoms with Crippen LogP contribution in [0.25, 0.3) is 0 Å². The van der Waals surface area contributed by atoms with E-state index in [0.717, 1.165) is 12.0 Å². The molecule has 0 aromatic rings. The molecule has 1 atom stereocenters. The van der Waals surface area contributed by atoms with Crippen molar-refractivity contribution in [2.75, 3.05) is 0 Å². The third kappa shape index (κ3) is 1.43. The molecule has 46 valence electrons. The Balaban J connectivity index is 2.69. The summed E-state index contributed by atoms with van der Waals surface area (Å²) in [4.78, 5) is 0. The first kappa shape index (κ1) is 6.10. The molecule has 0 fully saturated rings. The monoisotopic (exact) mass is 119 g/mol. The summed E-state index contributed by atoms with van der Waals surface area (Å²) in [5.41, 5.74) is 0.894. The van der Waals surface area contributed by atoms with Crippen molar-refractivity contribution in [2.45, 2.75) is 13.3 Å². The first-order valence-electron chi connectivity index (χ1n) is 3.10. The van der Waals surface area contributed by atoms with Crippen molar-refractivity contribution in [3.05, 3.63) is 23.8 Å². The molecule has 9 heavy (non-hydrogen) atoms. The quantitative estimate of drug-likeness (QED) is 0.478. The summed E-state index contributed by atoms with van der Waals surface area (Å²) >= 11 is 0. The van der Waals surface area contributed by atoms with Gasteiger partial charge in [-0.05, 0) is 18.4 Å². The lowest BCUT2D eigenvalue weighted by molar-refractivity contribution is 0.720. The topological polar surface area (TPSA) is 23.8 Å². The largest absolute Gasteiger partial charge is 0.193 e. The van der Waals surface area contributed by atoms with Crippen LogP contribution < -0.4 is 0 Å². The van der Waals surface area contributed by atoms with Gasteiger partial charge in [0.1, 0.15) is 0 Å². The van der Waals surface area contributed by atoms with Gasteiger partial charge in [0.15, 0.2) is 0 Å². The zero-order chi connectivity index (χ0) is 6.69. The van der Waals surface area contributed by atoms with Gasteiger partial charge in [0.25, 0.3) is 0 Å². The maximum absolute atomic E-state index is 8.46. The average molecular weight is 119 g/mol. The zero-order valence-corrected chi connectivity index (χ0v) is 5.46. The molecule has 1 aliphatic carbocycles. The maximum Gasteiger partial charge on any atom is 0.0947 e. The summed E-state index contributed by atoms with van der Waals surface area (Å²) in [6.07, 6.45) is 6.85. The molecular formula is C8H9N. The Kier molecular flexibility index (Phi) is 1.69. The highest BCUT2D eigenvalue weighted by molar-refractivity contribution is 5.29. The molecule has 0 spiro atoms. The van der Waals surface area contributed by atoms with Gasteiger partial charge < -0.3 is 0 Å². The van der Waals surface area contributed by atoms with Crippen LogP contribution in [-0.4, -0.2) is 0 Å². The van der Waals surface area contributed by atoms with Crippen LogP contribution in [0.1, 0.15) is 13.3 Å². The van der Waals surface area contributed by atoms with Gasteiger partial charge in [-0.2, -0.15) is 5.26 Å². The normalized spacial score (nSPS) is 24.9. The second-order valence-electron chi connectivity index (χ2n) is 2.37. The van der Waals surface area contributed by atoms with Gasteiger partial charge in [-0.1, -0.05) is 19.1 Å². The lowest BCUT2D eigenvalue weighted by Crippen LogP contribution is -1.94. The average Bonchev–Trinajstić information content (AvgIpc) is 1.88. The van der Waals surface area contributed by atoms with Crippen LogP contribution in [0.4, 0.5) is 0 Å². The Morgan fingerprint density at radius 3 is 3.00 bits per heavy atom. The molecule has 1 nitrogen and oxygen atoms in total. The van der Waals surface area contributed by atoms with Crippen LogP contribution in [0.15, 0.2) is 23.8 Å². The van der Waals surface area contributed by atoms with Gasteiger partial charge in [0, 0.05) is 5.57 Å². The van der Waals surface area contributed by atoms with Crippen LogP contribution in [-0.2, 0) is 0 Å². The number of hydrogen-bond donors (Lipinski definition) is 0. The standard InChI is InChI=1S/C8H9N/c1-7-3-2-4-8(5-7)6-9/h2-4,7H,5H2,1H3/t7-/m1/s1. The third-order valence-electron chi connectivity index (χ3n) is 1.42. The van der Waals surface area contributed by atoms with Crippen molar-refractivity contribution in [1.82, 2.24) is 0 Å². The Morgan fingerprint density at radius 1 is 1.78 bits per heavy atom. The van der Waals surface area contributed by atoms with E-state index in [4.69, 9.17) is 5.26 Å². The van der Waals surface area contributed by atoms with E-state index in [1.54, 1.807) is 0 Å². The molecule has 0 aromatic heterocycles. The fourth-order valence-electron chi connectivity index (χ4n) is 0.927. The Hall–Kier alpha value is -1.03.